The topological polar surface area (TPSA) is 18.5 Å². The van der Waals surface area contributed by atoms with Crippen molar-refractivity contribution in [3.8, 4) is 5.75 Å². The molecule has 0 N–H and O–H groups in total. The molecule has 0 saturated heterocycles. The van der Waals surface area contributed by atoms with Crippen LogP contribution in [-0.2, 0) is 4.74 Å². The Kier molecular flexibility index (Phi) is 9.20. The van der Waals surface area contributed by atoms with Crippen LogP contribution in [0.25, 0.3) is 12.2 Å². The average Bonchev–Trinajstić information content (AvgIpc) is 2.77. The first-order valence-electron chi connectivity index (χ1n) is 11.7. The fraction of sp³-hybridized carbons (Fsp3) is 0.462. The zero-order chi connectivity index (χ0) is 27.4. The highest BCUT2D eigenvalue weighted by molar-refractivity contribution is 5.70. The van der Waals surface area contributed by atoms with Crippen molar-refractivity contribution in [3.63, 3.8) is 0 Å². The predicted octanol–water partition coefficient (Wildman–Crippen LogP) is 9.00. The lowest BCUT2D eigenvalue weighted by molar-refractivity contribution is -0.438. The molecule has 0 unspecified atom stereocenters. The molecule has 0 bridgehead atoms. The second-order valence-electron chi connectivity index (χ2n) is 8.89. The van der Waals surface area contributed by atoms with Gasteiger partial charge in [0.25, 0.3) is 0 Å². The third-order valence-electron chi connectivity index (χ3n) is 6.23. The summed E-state index contributed by atoms with van der Waals surface area (Å²) in [6.07, 6.45) is -7.48. The summed E-state index contributed by atoms with van der Waals surface area (Å²) in [6.45, 7) is 2.22. The second-order valence-corrected chi connectivity index (χ2v) is 8.89. The van der Waals surface area contributed by atoms with Crippen LogP contribution in [0, 0.1) is 29.2 Å². The lowest BCUT2D eigenvalue weighted by atomic mass is 9.77. The molecule has 0 radical (unpaired) electrons. The van der Waals surface area contributed by atoms with Gasteiger partial charge < -0.3 is 4.74 Å². The quantitative estimate of drug-likeness (QED) is 0.180. The zero-order valence-electron chi connectivity index (χ0n) is 19.8. The summed E-state index contributed by atoms with van der Waals surface area (Å²) in [5.74, 6) is -6.41. The first-order chi connectivity index (χ1) is 17.3. The van der Waals surface area contributed by atoms with E-state index in [0.717, 1.165) is 42.8 Å². The van der Waals surface area contributed by atoms with Crippen LogP contribution >= 0.6 is 0 Å². The minimum Gasteiger partial charge on any atom is -0.493 e. The number of hydrogen-bond acceptors (Lipinski definition) is 2. The van der Waals surface area contributed by atoms with Crippen LogP contribution in [0.5, 0.6) is 5.75 Å². The van der Waals surface area contributed by atoms with E-state index >= 15 is 0 Å². The maximum absolute atomic E-state index is 14.8. The molecule has 204 valence electrons. The van der Waals surface area contributed by atoms with Gasteiger partial charge in [0, 0.05) is 23.3 Å². The molecular weight excluding hydrogens is 515 g/mol. The SMILES string of the molecule is CCCCOc1cc(F)c(/C=C/c2cc(F)c(C3CCC(C(F)(F)OC(F)(F)F)CC3)c(F)c2)c(F)c1. The normalized spacial score (nSPS) is 19.0. The molecule has 2 aromatic rings. The fourth-order valence-corrected chi connectivity index (χ4v) is 4.36. The van der Waals surface area contributed by atoms with Crippen molar-refractivity contribution >= 4 is 12.2 Å². The number of halogens is 9. The lowest BCUT2D eigenvalue weighted by Crippen LogP contribution is -2.38. The molecule has 37 heavy (non-hydrogen) atoms. The molecule has 11 heteroatoms. The van der Waals surface area contributed by atoms with Crippen LogP contribution in [0.1, 0.15) is 68.1 Å². The van der Waals surface area contributed by atoms with Crippen LogP contribution in [0.15, 0.2) is 24.3 Å². The molecule has 0 amide bonds. The second kappa shape index (κ2) is 11.8. The molecule has 0 atom stereocenters. The summed E-state index contributed by atoms with van der Waals surface area (Å²) in [5, 5.41) is 0. The molecule has 3 rings (SSSR count). The molecule has 2 aromatic carbocycles. The van der Waals surface area contributed by atoms with Gasteiger partial charge >= 0.3 is 12.5 Å². The van der Waals surface area contributed by atoms with Crippen molar-refractivity contribution < 1.29 is 49.0 Å². The molecule has 1 saturated carbocycles. The van der Waals surface area contributed by atoms with Gasteiger partial charge in [-0.25, -0.2) is 22.3 Å². The molecule has 0 aliphatic heterocycles. The van der Waals surface area contributed by atoms with Crippen molar-refractivity contribution in [2.75, 3.05) is 6.61 Å². The van der Waals surface area contributed by atoms with Gasteiger partial charge in [0.15, 0.2) is 0 Å². The van der Waals surface area contributed by atoms with Gasteiger partial charge in [0.2, 0.25) is 0 Å². The van der Waals surface area contributed by atoms with E-state index in [1.165, 1.54) is 0 Å². The summed E-state index contributed by atoms with van der Waals surface area (Å²) in [5.41, 5.74) is -0.853. The molecule has 2 nitrogen and oxygen atoms in total. The van der Waals surface area contributed by atoms with E-state index in [9.17, 15) is 39.5 Å². The van der Waals surface area contributed by atoms with Crippen molar-refractivity contribution in [2.45, 2.75) is 63.8 Å². The minimum absolute atomic E-state index is 0.0134. The maximum atomic E-state index is 14.8. The third kappa shape index (κ3) is 7.66. The van der Waals surface area contributed by atoms with Crippen LogP contribution in [0.3, 0.4) is 0 Å². The lowest BCUT2D eigenvalue weighted by Gasteiger charge is -2.33. The van der Waals surface area contributed by atoms with Gasteiger partial charge in [-0.1, -0.05) is 19.4 Å². The molecule has 0 spiro atoms. The minimum atomic E-state index is -5.52. The molecular formula is C26H25F9O2. The van der Waals surface area contributed by atoms with E-state index in [1.54, 1.807) is 0 Å². The first-order valence-corrected chi connectivity index (χ1v) is 11.7. The van der Waals surface area contributed by atoms with E-state index in [0.29, 0.717) is 13.0 Å². The molecule has 1 fully saturated rings. The molecule has 1 aliphatic rings. The average molecular weight is 540 g/mol. The van der Waals surface area contributed by atoms with Crippen LogP contribution < -0.4 is 4.74 Å². The number of unbranched alkanes of at least 4 members (excludes halogenated alkanes) is 1. The summed E-state index contributed by atoms with van der Waals surface area (Å²) >= 11 is 0. The van der Waals surface area contributed by atoms with Gasteiger partial charge in [0.1, 0.15) is 29.0 Å². The highest BCUT2D eigenvalue weighted by atomic mass is 19.4. The van der Waals surface area contributed by atoms with Crippen LogP contribution in [0.2, 0.25) is 0 Å². The highest BCUT2D eigenvalue weighted by Crippen LogP contribution is 2.45. The van der Waals surface area contributed by atoms with Gasteiger partial charge in [-0.05, 0) is 61.8 Å². The molecule has 1 aliphatic carbocycles. The van der Waals surface area contributed by atoms with Crippen molar-refractivity contribution in [1.29, 1.82) is 0 Å². The number of hydrogen-bond donors (Lipinski definition) is 0. The van der Waals surface area contributed by atoms with E-state index in [1.807, 2.05) is 6.92 Å². The van der Waals surface area contributed by atoms with E-state index in [-0.39, 0.29) is 29.7 Å². The Morgan fingerprint density at radius 1 is 0.811 bits per heavy atom. The maximum Gasteiger partial charge on any atom is 0.527 e. The van der Waals surface area contributed by atoms with Crippen molar-refractivity contribution in [1.82, 2.24) is 0 Å². The van der Waals surface area contributed by atoms with Gasteiger partial charge in [-0.15, -0.1) is 13.2 Å². The van der Waals surface area contributed by atoms with E-state index in [2.05, 4.69) is 4.74 Å². The zero-order valence-corrected chi connectivity index (χ0v) is 19.8. The Morgan fingerprint density at radius 2 is 1.38 bits per heavy atom. The Labute approximate surface area is 208 Å². The highest BCUT2D eigenvalue weighted by Gasteiger charge is 2.51. The molecule has 0 heterocycles. The van der Waals surface area contributed by atoms with Gasteiger partial charge in [-0.2, -0.15) is 8.78 Å². The van der Waals surface area contributed by atoms with Gasteiger partial charge in [-0.3, -0.25) is 0 Å². The summed E-state index contributed by atoms with van der Waals surface area (Å²) in [4.78, 5) is 0. The first kappa shape index (κ1) is 28.9. The predicted molar refractivity (Wildman–Crippen MR) is 119 cm³/mol. The monoisotopic (exact) mass is 540 g/mol. The van der Waals surface area contributed by atoms with Crippen LogP contribution in [-0.4, -0.2) is 19.1 Å². The van der Waals surface area contributed by atoms with Crippen molar-refractivity contribution in [2.24, 2.45) is 5.92 Å². The van der Waals surface area contributed by atoms with Crippen molar-refractivity contribution in [3.05, 3.63) is 64.2 Å². The number of ether oxygens (including phenoxy) is 2. The third-order valence-corrected chi connectivity index (χ3v) is 6.23. The Bertz CT molecular complexity index is 1060. The standard InChI is InChI=1S/C26H25F9O2/c1-2-3-10-36-18-13-20(27)19(21(28)14-18)9-4-15-11-22(29)24(23(30)12-15)16-5-7-17(8-6-16)25(31,32)37-26(33,34)35/h4,9,11-14,16-17H,2-3,5-8,10H2,1H3/b9-4+. The Hall–Kier alpha value is -2.69. The smallest absolute Gasteiger partial charge is 0.493 e. The number of alkyl halides is 5. The fourth-order valence-electron chi connectivity index (χ4n) is 4.36. The van der Waals surface area contributed by atoms with Gasteiger partial charge in [0.05, 0.1) is 12.5 Å². The van der Waals surface area contributed by atoms with Crippen LogP contribution in [0.4, 0.5) is 39.5 Å². The molecule has 0 aromatic heterocycles. The van der Waals surface area contributed by atoms with E-state index in [4.69, 9.17) is 4.74 Å². The Morgan fingerprint density at radius 3 is 1.89 bits per heavy atom. The Balaban J connectivity index is 1.71. The number of benzene rings is 2. The largest absolute Gasteiger partial charge is 0.527 e. The summed E-state index contributed by atoms with van der Waals surface area (Å²) in [6, 6.07) is 3.87. The summed E-state index contributed by atoms with van der Waals surface area (Å²) in [7, 11) is 0. The number of rotatable bonds is 9. The summed E-state index contributed by atoms with van der Waals surface area (Å²) < 4.78 is 131. The van der Waals surface area contributed by atoms with E-state index < -0.39 is 66.0 Å².